The first-order valence-electron chi connectivity index (χ1n) is 4.35. The van der Waals surface area contributed by atoms with Crippen LogP contribution < -0.4 is 0 Å². The van der Waals surface area contributed by atoms with E-state index in [1.54, 1.807) is 25.1 Å². The van der Waals surface area contributed by atoms with Gasteiger partial charge in [0.15, 0.2) is 0 Å². The first kappa shape index (κ1) is 12.8. The first-order valence-corrected chi connectivity index (χ1v) is 5.75. The van der Waals surface area contributed by atoms with Crippen LogP contribution in [0.5, 0.6) is 0 Å². The van der Waals surface area contributed by atoms with E-state index in [1.165, 1.54) is 0 Å². The average molecular weight is 219 g/mol. The number of thiocarbonyl (C=S) groups is 1. The molecule has 0 radical (unpaired) electrons. The molecule has 0 saturated heterocycles. The third kappa shape index (κ3) is 5.93. The zero-order valence-corrected chi connectivity index (χ0v) is 10.1. The third-order valence-electron chi connectivity index (χ3n) is 1.56. The Morgan fingerprint density at radius 1 is 1.46 bits per heavy atom. The van der Waals surface area contributed by atoms with Crippen LogP contribution in [0.15, 0.2) is 12.3 Å². The molecule has 0 unspecified atom stereocenters. The lowest BCUT2D eigenvalue weighted by Crippen LogP contribution is -2.26. The van der Waals surface area contributed by atoms with Crippen LogP contribution in [-0.4, -0.2) is 35.2 Å². The number of thioether (sulfide) groups is 1. The van der Waals surface area contributed by atoms with Crippen molar-refractivity contribution in [1.29, 1.82) is 0 Å². The third-order valence-corrected chi connectivity index (χ3v) is 3.03. The molecule has 0 rings (SSSR count). The summed E-state index contributed by atoms with van der Waals surface area (Å²) in [6, 6.07) is 0. The molecule has 13 heavy (non-hydrogen) atoms. The highest BCUT2D eigenvalue weighted by molar-refractivity contribution is 8.23. The van der Waals surface area contributed by atoms with Gasteiger partial charge in [-0.3, -0.25) is 0 Å². The van der Waals surface area contributed by atoms with Gasteiger partial charge in [0.1, 0.15) is 4.32 Å². The summed E-state index contributed by atoms with van der Waals surface area (Å²) in [6.45, 7) is 6.19. The fourth-order valence-electron chi connectivity index (χ4n) is 0.828. The average Bonchev–Trinajstić information content (AvgIpc) is 2.14. The summed E-state index contributed by atoms with van der Waals surface area (Å²) < 4.78 is 5.75. The number of ether oxygens (including phenoxy) is 1. The standard InChI is InChI=1S/C9H17NOS2/c1-4-10(5-2)9(12)13-8-6-7-11-3/h6-7H,4-5,8H2,1-3H3/b7-6+. The SMILES string of the molecule is CCN(CC)C(=S)SC/C=C/OC. The van der Waals surface area contributed by atoms with Crippen LogP contribution >= 0.6 is 24.0 Å². The topological polar surface area (TPSA) is 12.5 Å². The molecule has 76 valence electrons. The smallest absolute Gasteiger partial charge is 0.136 e. The molecule has 0 N–H and O–H groups in total. The molecule has 2 nitrogen and oxygen atoms in total. The minimum absolute atomic E-state index is 0.878. The molecule has 0 aliphatic rings. The van der Waals surface area contributed by atoms with E-state index in [-0.39, 0.29) is 0 Å². The fraction of sp³-hybridized carbons (Fsp3) is 0.667. The molecule has 0 amide bonds. The summed E-state index contributed by atoms with van der Waals surface area (Å²) >= 11 is 6.90. The van der Waals surface area contributed by atoms with Crippen LogP contribution in [0.2, 0.25) is 0 Å². The van der Waals surface area contributed by atoms with Gasteiger partial charge in [-0.1, -0.05) is 24.0 Å². The van der Waals surface area contributed by atoms with Crippen molar-refractivity contribution in [2.45, 2.75) is 13.8 Å². The molecule has 0 heterocycles. The predicted octanol–water partition coefficient (Wildman–Crippen LogP) is 2.51. The molecule has 0 aromatic heterocycles. The second-order valence-electron chi connectivity index (χ2n) is 2.36. The zero-order valence-electron chi connectivity index (χ0n) is 8.45. The number of hydrogen-bond acceptors (Lipinski definition) is 3. The fourth-order valence-corrected chi connectivity index (χ4v) is 2.05. The van der Waals surface area contributed by atoms with Crippen molar-refractivity contribution >= 4 is 28.3 Å². The summed E-state index contributed by atoms with van der Waals surface area (Å²) in [5.74, 6) is 0.878. The minimum atomic E-state index is 0.878. The van der Waals surface area contributed by atoms with E-state index in [1.807, 2.05) is 6.08 Å². The predicted molar refractivity (Wildman–Crippen MR) is 64.1 cm³/mol. The van der Waals surface area contributed by atoms with E-state index in [9.17, 15) is 0 Å². The van der Waals surface area contributed by atoms with Crippen LogP contribution in [0.25, 0.3) is 0 Å². The molecular weight excluding hydrogens is 202 g/mol. The molecule has 0 aromatic rings. The van der Waals surface area contributed by atoms with E-state index in [0.717, 1.165) is 23.2 Å². The Labute approximate surface area is 90.3 Å². The van der Waals surface area contributed by atoms with Gasteiger partial charge in [0.05, 0.1) is 13.4 Å². The number of nitrogens with zero attached hydrogens (tertiary/aromatic N) is 1. The van der Waals surface area contributed by atoms with Crippen LogP contribution in [0.1, 0.15) is 13.8 Å². The van der Waals surface area contributed by atoms with E-state index >= 15 is 0 Å². The minimum Gasteiger partial charge on any atom is -0.505 e. The summed E-state index contributed by atoms with van der Waals surface area (Å²) in [7, 11) is 1.64. The van der Waals surface area contributed by atoms with Gasteiger partial charge in [-0.2, -0.15) is 0 Å². The van der Waals surface area contributed by atoms with Gasteiger partial charge in [0, 0.05) is 18.8 Å². The van der Waals surface area contributed by atoms with Crippen molar-refractivity contribution in [3.05, 3.63) is 12.3 Å². The highest BCUT2D eigenvalue weighted by Crippen LogP contribution is 2.09. The Hall–Kier alpha value is -0.220. The first-order chi connectivity index (χ1) is 6.26. The molecule has 0 aliphatic carbocycles. The van der Waals surface area contributed by atoms with Gasteiger partial charge in [0.2, 0.25) is 0 Å². The van der Waals surface area contributed by atoms with Gasteiger partial charge in [-0.25, -0.2) is 0 Å². The lowest BCUT2D eigenvalue weighted by atomic mass is 10.6. The molecule has 0 aromatic carbocycles. The summed E-state index contributed by atoms with van der Waals surface area (Å²) in [5, 5.41) is 0. The van der Waals surface area contributed by atoms with Crippen molar-refractivity contribution in [3.63, 3.8) is 0 Å². The van der Waals surface area contributed by atoms with Crippen LogP contribution in [0, 0.1) is 0 Å². The molecule has 0 spiro atoms. The number of hydrogen-bond donors (Lipinski definition) is 0. The van der Waals surface area contributed by atoms with Crippen molar-refractivity contribution in [2.75, 3.05) is 26.0 Å². The van der Waals surface area contributed by atoms with Crippen LogP contribution in [-0.2, 0) is 4.74 Å². The van der Waals surface area contributed by atoms with E-state index in [0.29, 0.717) is 0 Å². The van der Waals surface area contributed by atoms with E-state index in [2.05, 4.69) is 18.7 Å². The lowest BCUT2D eigenvalue weighted by molar-refractivity contribution is 0.337. The Morgan fingerprint density at radius 2 is 2.08 bits per heavy atom. The number of rotatable bonds is 5. The molecule has 0 saturated carbocycles. The van der Waals surface area contributed by atoms with E-state index in [4.69, 9.17) is 17.0 Å². The largest absolute Gasteiger partial charge is 0.505 e. The van der Waals surface area contributed by atoms with E-state index < -0.39 is 0 Å². The quantitative estimate of drug-likeness (QED) is 0.520. The maximum atomic E-state index is 5.24. The Morgan fingerprint density at radius 3 is 2.54 bits per heavy atom. The normalized spacial score (nSPS) is 10.4. The molecule has 0 fully saturated rings. The summed E-state index contributed by atoms with van der Waals surface area (Å²) in [4.78, 5) is 2.17. The van der Waals surface area contributed by atoms with Crippen molar-refractivity contribution < 1.29 is 4.74 Å². The molecule has 0 aliphatic heterocycles. The van der Waals surface area contributed by atoms with Gasteiger partial charge >= 0.3 is 0 Å². The summed E-state index contributed by atoms with van der Waals surface area (Å²) in [6.07, 6.45) is 3.64. The Balaban J connectivity index is 3.66. The molecule has 0 atom stereocenters. The van der Waals surface area contributed by atoms with Gasteiger partial charge in [-0.05, 0) is 19.9 Å². The highest BCUT2D eigenvalue weighted by atomic mass is 32.2. The second-order valence-corrected chi connectivity index (χ2v) is 4.01. The zero-order chi connectivity index (χ0) is 10.1. The Bertz CT molecular complexity index is 167. The van der Waals surface area contributed by atoms with Gasteiger partial charge in [0.25, 0.3) is 0 Å². The van der Waals surface area contributed by atoms with Crippen LogP contribution in [0.3, 0.4) is 0 Å². The van der Waals surface area contributed by atoms with Gasteiger partial charge < -0.3 is 9.64 Å². The lowest BCUT2D eigenvalue weighted by Gasteiger charge is -2.20. The maximum absolute atomic E-state index is 5.24. The summed E-state index contributed by atoms with van der Waals surface area (Å²) in [5.41, 5.74) is 0. The van der Waals surface area contributed by atoms with Crippen molar-refractivity contribution in [3.8, 4) is 0 Å². The highest BCUT2D eigenvalue weighted by Gasteiger charge is 2.03. The number of methoxy groups -OCH3 is 1. The van der Waals surface area contributed by atoms with Crippen molar-refractivity contribution in [1.82, 2.24) is 4.90 Å². The monoisotopic (exact) mass is 219 g/mol. The second kappa shape index (κ2) is 8.38. The van der Waals surface area contributed by atoms with Gasteiger partial charge in [-0.15, -0.1) is 0 Å². The maximum Gasteiger partial charge on any atom is 0.136 e. The Kier molecular flexibility index (Phi) is 8.24. The van der Waals surface area contributed by atoms with Crippen LogP contribution in [0.4, 0.5) is 0 Å². The van der Waals surface area contributed by atoms with Crippen molar-refractivity contribution in [2.24, 2.45) is 0 Å². The molecule has 0 bridgehead atoms. The molecule has 4 heteroatoms. The molecular formula is C9H17NOS2.